The van der Waals surface area contributed by atoms with E-state index < -0.39 is 12.0 Å². The zero-order chi connectivity index (χ0) is 15.9. The number of hydrogen-bond acceptors (Lipinski definition) is 4. The fourth-order valence-corrected chi connectivity index (χ4v) is 3.44. The molecule has 4 nitrogen and oxygen atoms in total. The van der Waals surface area contributed by atoms with Gasteiger partial charge >= 0.3 is 6.18 Å². The predicted octanol–water partition coefficient (Wildman–Crippen LogP) is 2.37. The standard InChI is InChI=1S/C15H21F3N4/c1-9-2-3-11(6-12(9)19)22-5-4-10-7-20-14(15(16,17)18)21-13(10)8-22/h7,9,11-12H,2-6,8,19H2,1H3/t9?,11-,12-/m0/s1. The first-order valence-electron chi connectivity index (χ1n) is 7.76. The second kappa shape index (κ2) is 5.77. The lowest BCUT2D eigenvalue weighted by atomic mass is 9.82. The molecule has 0 aromatic carbocycles. The number of rotatable bonds is 1. The van der Waals surface area contributed by atoms with Gasteiger partial charge in [0.05, 0.1) is 5.69 Å². The van der Waals surface area contributed by atoms with Crippen molar-refractivity contribution in [3.63, 3.8) is 0 Å². The molecule has 1 unspecified atom stereocenters. The highest BCUT2D eigenvalue weighted by molar-refractivity contribution is 5.21. The number of nitrogens with two attached hydrogens (primary N) is 1. The van der Waals surface area contributed by atoms with Crippen LogP contribution in [0.25, 0.3) is 0 Å². The van der Waals surface area contributed by atoms with E-state index in [4.69, 9.17) is 5.73 Å². The summed E-state index contributed by atoms with van der Waals surface area (Å²) in [6, 6.07) is 0.528. The first-order valence-corrected chi connectivity index (χ1v) is 7.76. The lowest BCUT2D eigenvalue weighted by Gasteiger charge is -2.40. The Kier molecular flexibility index (Phi) is 4.11. The third-order valence-electron chi connectivity index (χ3n) is 4.98. The van der Waals surface area contributed by atoms with Crippen LogP contribution in [0.15, 0.2) is 6.20 Å². The molecule has 0 radical (unpaired) electrons. The zero-order valence-corrected chi connectivity index (χ0v) is 12.6. The maximum absolute atomic E-state index is 12.7. The van der Waals surface area contributed by atoms with Gasteiger partial charge in [0.25, 0.3) is 0 Å². The largest absolute Gasteiger partial charge is 0.451 e. The van der Waals surface area contributed by atoms with Gasteiger partial charge in [-0.3, -0.25) is 4.90 Å². The summed E-state index contributed by atoms with van der Waals surface area (Å²) in [6.45, 7) is 3.47. The number of aromatic nitrogens is 2. The monoisotopic (exact) mass is 314 g/mol. The third-order valence-corrected chi connectivity index (χ3v) is 4.98. The van der Waals surface area contributed by atoms with E-state index in [2.05, 4.69) is 21.8 Å². The van der Waals surface area contributed by atoms with E-state index in [1.807, 2.05) is 0 Å². The molecule has 0 saturated heterocycles. The first kappa shape index (κ1) is 15.7. The van der Waals surface area contributed by atoms with Gasteiger partial charge in [-0.05, 0) is 37.2 Å². The molecule has 2 aliphatic rings. The molecule has 3 atom stereocenters. The van der Waals surface area contributed by atoms with Crippen LogP contribution in [0.4, 0.5) is 13.2 Å². The van der Waals surface area contributed by atoms with Crippen LogP contribution in [0.2, 0.25) is 0 Å². The van der Waals surface area contributed by atoms with Gasteiger partial charge in [0.15, 0.2) is 0 Å². The number of halogens is 3. The molecule has 122 valence electrons. The van der Waals surface area contributed by atoms with Gasteiger partial charge in [-0.1, -0.05) is 6.92 Å². The second-order valence-corrected chi connectivity index (χ2v) is 6.49. The van der Waals surface area contributed by atoms with Crippen LogP contribution in [-0.2, 0) is 19.1 Å². The highest BCUT2D eigenvalue weighted by atomic mass is 19.4. The number of hydrogen-bond donors (Lipinski definition) is 1. The maximum atomic E-state index is 12.7. The Bertz CT molecular complexity index is 546. The molecule has 22 heavy (non-hydrogen) atoms. The first-order chi connectivity index (χ1) is 10.3. The number of nitrogens with zero attached hydrogens (tertiary/aromatic N) is 3. The van der Waals surface area contributed by atoms with Crippen molar-refractivity contribution in [2.45, 2.75) is 57.4 Å². The molecule has 2 heterocycles. The Morgan fingerprint density at radius 3 is 2.77 bits per heavy atom. The lowest BCUT2D eigenvalue weighted by molar-refractivity contribution is -0.145. The van der Waals surface area contributed by atoms with Gasteiger partial charge in [0.2, 0.25) is 5.82 Å². The minimum Gasteiger partial charge on any atom is -0.327 e. The van der Waals surface area contributed by atoms with Crippen LogP contribution >= 0.6 is 0 Å². The Labute approximate surface area is 127 Å². The normalized spacial score (nSPS) is 30.1. The van der Waals surface area contributed by atoms with Crippen molar-refractivity contribution in [3.8, 4) is 0 Å². The molecule has 0 spiro atoms. The summed E-state index contributed by atoms with van der Waals surface area (Å²) in [5, 5.41) is 0. The minimum absolute atomic E-state index is 0.177. The van der Waals surface area contributed by atoms with E-state index in [1.54, 1.807) is 0 Å². The molecule has 1 aliphatic carbocycles. The quantitative estimate of drug-likeness (QED) is 0.864. The van der Waals surface area contributed by atoms with Gasteiger partial charge in [-0.25, -0.2) is 9.97 Å². The highest BCUT2D eigenvalue weighted by Gasteiger charge is 2.36. The van der Waals surface area contributed by atoms with Crippen LogP contribution in [-0.4, -0.2) is 33.5 Å². The molecule has 1 aromatic heterocycles. The van der Waals surface area contributed by atoms with Crippen LogP contribution in [0.5, 0.6) is 0 Å². The van der Waals surface area contributed by atoms with E-state index in [0.29, 0.717) is 30.6 Å². The average Bonchev–Trinajstić information content (AvgIpc) is 2.48. The van der Waals surface area contributed by atoms with Crippen molar-refractivity contribution >= 4 is 0 Å². The Morgan fingerprint density at radius 2 is 2.09 bits per heavy atom. The molecule has 3 rings (SSSR count). The fourth-order valence-electron chi connectivity index (χ4n) is 3.44. The van der Waals surface area contributed by atoms with Gasteiger partial charge in [-0.15, -0.1) is 0 Å². The highest BCUT2D eigenvalue weighted by Crippen LogP contribution is 2.31. The molecule has 1 aromatic rings. The van der Waals surface area contributed by atoms with Crippen molar-refractivity contribution in [3.05, 3.63) is 23.3 Å². The van der Waals surface area contributed by atoms with Crippen molar-refractivity contribution in [1.29, 1.82) is 0 Å². The molecule has 2 N–H and O–H groups in total. The molecular weight excluding hydrogens is 293 g/mol. The number of alkyl halides is 3. The minimum atomic E-state index is -4.49. The van der Waals surface area contributed by atoms with Gasteiger partial charge in [0, 0.05) is 31.4 Å². The van der Waals surface area contributed by atoms with E-state index in [-0.39, 0.29) is 6.04 Å². The number of fused-ring (bicyclic) bond motifs is 1. The molecule has 1 saturated carbocycles. The van der Waals surface area contributed by atoms with Crippen LogP contribution in [0.3, 0.4) is 0 Å². The Hall–Kier alpha value is -1.21. The smallest absolute Gasteiger partial charge is 0.327 e. The van der Waals surface area contributed by atoms with Crippen molar-refractivity contribution in [2.75, 3.05) is 6.54 Å². The molecular formula is C15H21F3N4. The van der Waals surface area contributed by atoms with Crippen LogP contribution < -0.4 is 5.73 Å². The van der Waals surface area contributed by atoms with Gasteiger partial charge in [0.1, 0.15) is 0 Å². The summed E-state index contributed by atoms with van der Waals surface area (Å²) < 4.78 is 38.2. The van der Waals surface area contributed by atoms with Crippen molar-refractivity contribution in [2.24, 2.45) is 11.7 Å². The summed E-state index contributed by atoms with van der Waals surface area (Å²) in [7, 11) is 0. The van der Waals surface area contributed by atoms with Gasteiger partial charge < -0.3 is 5.73 Å². The van der Waals surface area contributed by atoms with Crippen molar-refractivity contribution in [1.82, 2.24) is 14.9 Å². The zero-order valence-electron chi connectivity index (χ0n) is 12.6. The van der Waals surface area contributed by atoms with Crippen LogP contribution in [0, 0.1) is 5.92 Å². The third kappa shape index (κ3) is 3.10. The summed E-state index contributed by atoms with van der Waals surface area (Å²) in [5.74, 6) is -0.519. The molecule has 0 bridgehead atoms. The van der Waals surface area contributed by atoms with E-state index in [0.717, 1.165) is 31.4 Å². The molecule has 0 amide bonds. The second-order valence-electron chi connectivity index (χ2n) is 6.49. The van der Waals surface area contributed by atoms with E-state index in [1.165, 1.54) is 6.20 Å². The Morgan fingerprint density at radius 1 is 1.32 bits per heavy atom. The summed E-state index contributed by atoms with van der Waals surface area (Å²) in [6.07, 6.45) is 0.591. The fraction of sp³-hybridized carbons (Fsp3) is 0.733. The SMILES string of the molecule is CC1CC[C@H](N2CCc3cnc(C(F)(F)F)nc3C2)C[C@@H]1N. The van der Waals surface area contributed by atoms with E-state index >= 15 is 0 Å². The maximum Gasteiger partial charge on any atom is 0.451 e. The summed E-state index contributed by atoms with van der Waals surface area (Å²) >= 11 is 0. The summed E-state index contributed by atoms with van der Waals surface area (Å²) in [4.78, 5) is 9.44. The average molecular weight is 314 g/mol. The Balaban J connectivity index is 1.75. The van der Waals surface area contributed by atoms with Crippen molar-refractivity contribution < 1.29 is 13.2 Å². The van der Waals surface area contributed by atoms with E-state index in [9.17, 15) is 13.2 Å². The molecule has 1 fully saturated rings. The summed E-state index contributed by atoms with van der Waals surface area (Å²) in [5.41, 5.74) is 7.50. The van der Waals surface area contributed by atoms with Gasteiger partial charge in [-0.2, -0.15) is 13.2 Å². The lowest BCUT2D eigenvalue weighted by Crippen LogP contribution is -2.47. The predicted molar refractivity (Wildman–Crippen MR) is 75.9 cm³/mol. The molecule has 1 aliphatic heterocycles. The topological polar surface area (TPSA) is 55.0 Å². The van der Waals surface area contributed by atoms with Crippen LogP contribution in [0.1, 0.15) is 43.3 Å². The molecule has 7 heteroatoms.